The average molecular weight is 229 g/mol. The van der Waals surface area contributed by atoms with Gasteiger partial charge in [-0.15, -0.1) is 0 Å². The van der Waals surface area contributed by atoms with Crippen molar-refractivity contribution in [2.24, 2.45) is 5.73 Å². The van der Waals surface area contributed by atoms with Crippen LogP contribution in [-0.4, -0.2) is 9.55 Å². The normalized spacial score (nSPS) is 10.4. The van der Waals surface area contributed by atoms with E-state index in [1.165, 1.54) is 0 Å². The van der Waals surface area contributed by atoms with Crippen LogP contribution in [0, 0.1) is 0 Å². The first-order valence-electron chi connectivity index (χ1n) is 5.59. The highest BCUT2D eigenvalue weighted by molar-refractivity contribution is 5.10. The zero-order valence-corrected chi connectivity index (χ0v) is 9.54. The van der Waals surface area contributed by atoms with Crippen LogP contribution in [0.15, 0.2) is 47.5 Å². The van der Waals surface area contributed by atoms with Crippen LogP contribution < -0.4 is 11.3 Å². The highest BCUT2D eigenvalue weighted by Gasteiger charge is 2.01. The van der Waals surface area contributed by atoms with Gasteiger partial charge in [0.25, 0.3) is 5.56 Å². The van der Waals surface area contributed by atoms with Crippen molar-refractivity contribution in [1.29, 1.82) is 0 Å². The lowest BCUT2D eigenvalue weighted by molar-refractivity contribution is 0.653. The first-order chi connectivity index (χ1) is 8.31. The van der Waals surface area contributed by atoms with Crippen LogP contribution in [0.25, 0.3) is 0 Å². The van der Waals surface area contributed by atoms with E-state index < -0.39 is 0 Å². The fourth-order valence-corrected chi connectivity index (χ4v) is 1.70. The Morgan fingerprint density at radius 3 is 2.82 bits per heavy atom. The molecular weight excluding hydrogens is 214 g/mol. The summed E-state index contributed by atoms with van der Waals surface area (Å²) in [5, 5.41) is 0. The molecule has 0 fully saturated rings. The number of nitrogens with zero attached hydrogens (tertiary/aromatic N) is 2. The summed E-state index contributed by atoms with van der Waals surface area (Å²) in [6.45, 7) is 0.910. The molecule has 2 aromatic heterocycles. The molecule has 0 saturated carbocycles. The van der Waals surface area contributed by atoms with Gasteiger partial charge in [0.2, 0.25) is 0 Å². The number of hydrogen-bond donors (Lipinski definition) is 1. The molecule has 2 aromatic rings. The van der Waals surface area contributed by atoms with Gasteiger partial charge in [0.1, 0.15) is 0 Å². The molecule has 0 bridgehead atoms. The lowest BCUT2D eigenvalue weighted by atomic mass is 10.2. The summed E-state index contributed by atoms with van der Waals surface area (Å²) in [5.41, 5.74) is 7.12. The van der Waals surface area contributed by atoms with Gasteiger partial charge in [-0.2, -0.15) is 0 Å². The molecule has 0 atom stereocenters. The highest BCUT2D eigenvalue weighted by atomic mass is 16.1. The van der Waals surface area contributed by atoms with E-state index in [-0.39, 0.29) is 12.1 Å². The number of aromatic nitrogens is 2. The summed E-state index contributed by atoms with van der Waals surface area (Å²) < 4.78 is 1.68. The van der Waals surface area contributed by atoms with E-state index in [1.54, 1.807) is 23.0 Å². The molecule has 88 valence electrons. The van der Waals surface area contributed by atoms with Gasteiger partial charge in [-0.25, -0.2) is 0 Å². The second kappa shape index (κ2) is 5.41. The molecule has 0 radical (unpaired) electrons. The topological polar surface area (TPSA) is 60.9 Å². The number of pyridine rings is 2. The maximum Gasteiger partial charge on any atom is 0.255 e. The number of rotatable bonds is 4. The molecule has 0 spiro atoms. The molecule has 0 aliphatic heterocycles. The zero-order chi connectivity index (χ0) is 12.1. The fraction of sp³-hybridized carbons (Fsp3) is 0.231. The van der Waals surface area contributed by atoms with Crippen molar-refractivity contribution in [3.05, 3.63) is 64.3 Å². The lowest BCUT2D eigenvalue weighted by Gasteiger charge is -2.06. The SMILES string of the molecule is NCc1cccn(CCc2ccccn2)c1=O. The van der Waals surface area contributed by atoms with Crippen LogP contribution in [0.1, 0.15) is 11.3 Å². The molecule has 0 unspecified atom stereocenters. The molecular formula is C13H15N3O. The first-order valence-corrected chi connectivity index (χ1v) is 5.59. The quantitative estimate of drug-likeness (QED) is 0.849. The van der Waals surface area contributed by atoms with E-state index in [9.17, 15) is 4.79 Å². The van der Waals surface area contributed by atoms with E-state index in [4.69, 9.17) is 5.73 Å². The van der Waals surface area contributed by atoms with E-state index in [0.717, 1.165) is 12.1 Å². The van der Waals surface area contributed by atoms with Gasteiger partial charge in [0.15, 0.2) is 0 Å². The van der Waals surface area contributed by atoms with Gasteiger partial charge >= 0.3 is 0 Å². The van der Waals surface area contributed by atoms with E-state index >= 15 is 0 Å². The number of nitrogens with two attached hydrogens (primary N) is 1. The van der Waals surface area contributed by atoms with Crippen molar-refractivity contribution < 1.29 is 0 Å². The third kappa shape index (κ3) is 2.79. The summed E-state index contributed by atoms with van der Waals surface area (Å²) >= 11 is 0. The highest BCUT2D eigenvalue weighted by Crippen LogP contribution is 1.97. The van der Waals surface area contributed by atoms with Crippen LogP contribution in [-0.2, 0) is 19.5 Å². The molecule has 0 amide bonds. The minimum atomic E-state index is -0.00840. The fourth-order valence-electron chi connectivity index (χ4n) is 1.70. The largest absolute Gasteiger partial charge is 0.326 e. The second-order valence-electron chi connectivity index (χ2n) is 3.81. The maximum absolute atomic E-state index is 11.9. The Hall–Kier alpha value is -1.94. The van der Waals surface area contributed by atoms with Crippen molar-refractivity contribution >= 4 is 0 Å². The average Bonchev–Trinajstić information content (AvgIpc) is 2.39. The summed E-state index contributed by atoms with van der Waals surface area (Å²) in [6.07, 6.45) is 4.29. The molecule has 0 aliphatic carbocycles. The zero-order valence-electron chi connectivity index (χ0n) is 9.54. The summed E-state index contributed by atoms with van der Waals surface area (Å²) in [7, 11) is 0. The van der Waals surface area contributed by atoms with E-state index in [0.29, 0.717) is 12.1 Å². The predicted octanol–water partition coefficient (Wildman–Crippen LogP) is 0.945. The number of hydrogen-bond acceptors (Lipinski definition) is 3. The molecule has 0 aliphatic rings. The van der Waals surface area contributed by atoms with E-state index in [1.807, 2.05) is 24.3 Å². The molecule has 4 nitrogen and oxygen atoms in total. The molecule has 2 heterocycles. The Labute approximate surface area is 99.7 Å². The minimum absolute atomic E-state index is 0.00840. The Kier molecular flexibility index (Phi) is 3.67. The Bertz CT molecular complexity index is 534. The molecule has 2 rings (SSSR count). The number of aryl methyl sites for hydroxylation is 2. The van der Waals surface area contributed by atoms with Crippen molar-refractivity contribution in [2.75, 3.05) is 0 Å². The predicted molar refractivity (Wildman–Crippen MR) is 66.5 cm³/mol. The molecule has 17 heavy (non-hydrogen) atoms. The van der Waals surface area contributed by atoms with Crippen molar-refractivity contribution in [3.8, 4) is 0 Å². The minimum Gasteiger partial charge on any atom is -0.326 e. The Morgan fingerprint density at radius 2 is 2.12 bits per heavy atom. The van der Waals surface area contributed by atoms with Gasteiger partial charge in [-0.1, -0.05) is 12.1 Å². The first kappa shape index (κ1) is 11.5. The standard InChI is InChI=1S/C13H15N3O/c14-10-11-4-3-8-16(13(11)17)9-6-12-5-1-2-7-15-12/h1-5,7-8H,6,9-10,14H2. The molecule has 4 heteroatoms. The van der Waals surface area contributed by atoms with Crippen LogP contribution in [0.3, 0.4) is 0 Å². The lowest BCUT2D eigenvalue weighted by Crippen LogP contribution is -2.25. The third-order valence-electron chi connectivity index (χ3n) is 2.65. The van der Waals surface area contributed by atoms with Gasteiger partial charge < -0.3 is 10.3 Å². The molecule has 2 N–H and O–H groups in total. The van der Waals surface area contributed by atoms with Crippen molar-refractivity contribution in [1.82, 2.24) is 9.55 Å². The van der Waals surface area contributed by atoms with Crippen LogP contribution >= 0.6 is 0 Å². The van der Waals surface area contributed by atoms with Gasteiger partial charge in [0, 0.05) is 43.2 Å². The molecule has 0 aromatic carbocycles. The maximum atomic E-state index is 11.9. The summed E-state index contributed by atoms with van der Waals surface area (Å²) in [6, 6.07) is 9.39. The van der Waals surface area contributed by atoms with Crippen molar-refractivity contribution in [2.45, 2.75) is 19.5 Å². The van der Waals surface area contributed by atoms with Gasteiger partial charge in [0.05, 0.1) is 0 Å². The monoisotopic (exact) mass is 229 g/mol. The second-order valence-corrected chi connectivity index (χ2v) is 3.81. The van der Waals surface area contributed by atoms with Crippen molar-refractivity contribution in [3.63, 3.8) is 0 Å². The third-order valence-corrected chi connectivity index (χ3v) is 2.65. The Morgan fingerprint density at radius 1 is 1.24 bits per heavy atom. The summed E-state index contributed by atoms with van der Waals surface area (Å²) in [5.74, 6) is 0. The van der Waals surface area contributed by atoms with Crippen LogP contribution in [0.5, 0.6) is 0 Å². The Balaban J connectivity index is 2.12. The summed E-state index contributed by atoms with van der Waals surface area (Å²) in [4.78, 5) is 16.1. The smallest absolute Gasteiger partial charge is 0.255 e. The van der Waals surface area contributed by atoms with Crippen LogP contribution in [0.4, 0.5) is 0 Å². The van der Waals surface area contributed by atoms with Crippen LogP contribution in [0.2, 0.25) is 0 Å². The van der Waals surface area contributed by atoms with Gasteiger partial charge in [-0.3, -0.25) is 9.78 Å². The molecule has 0 saturated heterocycles. The van der Waals surface area contributed by atoms with Gasteiger partial charge in [-0.05, 0) is 18.2 Å². The van der Waals surface area contributed by atoms with E-state index in [2.05, 4.69) is 4.98 Å².